The number of aliphatic carboxylic acids is 1. The lowest BCUT2D eigenvalue weighted by atomic mass is 9.89. The Kier molecular flexibility index (Phi) is 8.60. The van der Waals surface area contributed by atoms with Gasteiger partial charge in [-0.2, -0.15) is 13.2 Å². The van der Waals surface area contributed by atoms with E-state index in [0.29, 0.717) is 18.6 Å². The minimum Gasteiger partial charge on any atom is -0.487 e. The molecule has 216 valence electrons. The van der Waals surface area contributed by atoms with Crippen LogP contribution >= 0.6 is 0 Å². The number of hydrogen-bond donors (Lipinski definition) is 2. The zero-order valence-electron chi connectivity index (χ0n) is 22.2. The van der Waals surface area contributed by atoms with Gasteiger partial charge in [-0.15, -0.1) is 0 Å². The second-order valence-corrected chi connectivity index (χ2v) is 10.1. The first-order chi connectivity index (χ1) is 19.7. The van der Waals surface area contributed by atoms with E-state index in [0.717, 1.165) is 61.5 Å². The quantitative estimate of drug-likeness (QED) is 0.253. The molecule has 1 aromatic heterocycles. The number of carboxylic acids is 1. The summed E-state index contributed by atoms with van der Waals surface area (Å²) in [5, 5.41) is 11.7. The molecule has 0 atom stereocenters. The van der Waals surface area contributed by atoms with Gasteiger partial charge in [0.2, 0.25) is 0 Å². The molecule has 2 aliphatic rings. The first-order valence-corrected chi connectivity index (χ1v) is 13.4. The summed E-state index contributed by atoms with van der Waals surface area (Å²) in [7, 11) is 0. The molecule has 0 radical (unpaired) electrons. The molecule has 2 aliphatic heterocycles. The summed E-state index contributed by atoms with van der Waals surface area (Å²) in [6.07, 6.45) is -3.10. The summed E-state index contributed by atoms with van der Waals surface area (Å²) in [5.41, 5.74) is 5.89. The van der Waals surface area contributed by atoms with Crippen LogP contribution in [0.5, 0.6) is 5.75 Å². The first kappa shape index (κ1) is 28.6. The van der Waals surface area contributed by atoms with Gasteiger partial charge in [-0.05, 0) is 42.2 Å². The van der Waals surface area contributed by atoms with Crippen molar-refractivity contribution in [1.29, 1.82) is 0 Å². The third kappa shape index (κ3) is 6.39. The van der Waals surface area contributed by atoms with Gasteiger partial charge in [0.25, 0.3) is 0 Å². The summed E-state index contributed by atoms with van der Waals surface area (Å²) < 4.78 is 60.3. The van der Waals surface area contributed by atoms with E-state index in [2.05, 4.69) is 40.2 Å². The van der Waals surface area contributed by atoms with Crippen molar-refractivity contribution < 1.29 is 36.9 Å². The number of ether oxygens (including phenoxy) is 2. The molecule has 2 saturated heterocycles. The van der Waals surface area contributed by atoms with Crippen LogP contribution in [-0.2, 0) is 16.1 Å². The number of aromatic nitrogens is 1. The number of alkyl halides is 3. The van der Waals surface area contributed by atoms with Crippen molar-refractivity contribution in [2.24, 2.45) is 0 Å². The molecule has 0 spiro atoms. The Bertz CT molecular complexity index is 1480. The molecule has 2 N–H and O–H groups in total. The van der Waals surface area contributed by atoms with Gasteiger partial charge in [0.15, 0.2) is 0 Å². The molecule has 0 saturated carbocycles. The Morgan fingerprint density at radius 3 is 2.22 bits per heavy atom. The normalized spacial score (nSPS) is 16.1. The smallest absolute Gasteiger partial charge is 0.487 e. The summed E-state index contributed by atoms with van der Waals surface area (Å²) >= 11 is 0. The lowest BCUT2D eigenvalue weighted by molar-refractivity contribution is -0.192. The predicted molar refractivity (Wildman–Crippen MR) is 146 cm³/mol. The molecule has 0 aliphatic carbocycles. The van der Waals surface area contributed by atoms with Gasteiger partial charge in [-0.25, -0.2) is 9.18 Å². The highest BCUT2D eigenvalue weighted by atomic mass is 19.4. The van der Waals surface area contributed by atoms with Crippen molar-refractivity contribution in [3.05, 3.63) is 89.9 Å². The van der Waals surface area contributed by atoms with Gasteiger partial charge >= 0.3 is 12.1 Å². The summed E-state index contributed by atoms with van der Waals surface area (Å²) in [6.45, 7) is 3.95. The predicted octanol–water partition coefficient (Wildman–Crippen LogP) is 6.70. The summed E-state index contributed by atoms with van der Waals surface area (Å²) in [6, 6.07) is 23.9. The lowest BCUT2D eigenvalue weighted by Gasteiger charge is -2.34. The number of rotatable bonds is 6. The molecule has 6 nitrogen and oxygen atoms in total. The van der Waals surface area contributed by atoms with Gasteiger partial charge in [0.1, 0.15) is 18.2 Å². The van der Waals surface area contributed by atoms with E-state index >= 15 is 0 Å². The topological polar surface area (TPSA) is 72.7 Å². The number of hydrogen-bond acceptors (Lipinski definition) is 4. The fourth-order valence-corrected chi connectivity index (χ4v) is 5.33. The first-order valence-electron chi connectivity index (χ1n) is 13.4. The maximum atomic E-state index is 13.8. The molecule has 3 heterocycles. The highest BCUT2D eigenvalue weighted by Crippen LogP contribution is 2.46. The summed E-state index contributed by atoms with van der Waals surface area (Å²) in [5.74, 6) is -1.68. The average molecular weight is 571 g/mol. The number of halogens is 4. The number of carbonyl (C=O) groups is 1. The highest BCUT2D eigenvalue weighted by molar-refractivity contribution is 6.01. The van der Waals surface area contributed by atoms with Crippen LogP contribution in [-0.4, -0.2) is 48.1 Å². The third-order valence-corrected chi connectivity index (χ3v) is 7.37. The van der Waals surface area contributed by atoms with Crippen LogP contribution in [0.25, 0.3) is 22.0 Å². The molecule has 0 bridgehead atoms. The van der Waals surface area contributed by atoms with E-state index in [1.54, 1.807) is 12.1 Å². The Morgan fingerprint density at radius 1 is 0.976 bits per heavy atom. The van der Waals surface area contributed by atoms with E-state index < -0.39 is 12.1 Å². The fraction of sp³-hybridized carbons (Fsp3) is 0.323. The number of nitrogens with zero attached hydrogens (tertiary/aromatic N) is 1. The van der Waals surface area contributed by atoms with Crippen LogP contribution in [0, 0.1) is 5.82 Å². The van der Waals surface area contributed by atoms with Crippen LogP contribution in [0.4, 0.5) is 17.6 Å². The van der Waals surface area contributed by atoms with Crippen molar-refractivity contribution in [3.63, 3.8) is 0 Å². The minimum absolute atomic E-state index is 0.213. The van der Waals surface area contributed by atoms with Crippen molar-refractivity contribution in [2.75, 3.05) is 26.3 Å². The maximum Gasteiger partial charge on any atom is 0.490 e. The van der Waals surface area contributed by atoms with Crippen LogP contribution in [0.3, 0.4) is 0 Å². The van der Waals surface area contributed by atoms with E-state index in [4.69, 9.17) is 19.4 Å². The van der Waals surface area contributed by atoms with Gasteiger partial charge in [0, 0.05) is 48.9 Å². The highest BCUT2D eigenvalue weighted by Gasteiger charge is 2.38. The monoisotopic (exact) mass is 570 g/mol. The zero-order chi connectivity index (χ0) is 29.0. The van der Waals surface area contributed by atoms with Crippen LogP contribution < -0.4 is 10.1 Å². The third-order valence-electron chi connectivity index (χ3n) is 7.37. The number of fused-ring (bicyclic) bond motifs is 1. The zero-order valence-corrected chi connectivity index (χ0v) is 22.2. The molecular formula is C31H30F4N2O4. The number of benzene rings is 3. The van der Waals surface area contributed by atoms with E-state index in [1.807, 2.05) is 30.3 Å². The van der Waals surface area contributed by atoms with Gasteiger partial charge < -0.3 is 24.5 Å². The SMILES string of the molecule is Fc1ccc(-c2c(C3CCOCC3)n(C3CNC3)c3c(OCc4ccccc4)cccc23)cc1.O=C(O)C(F)(F)F. The molecule has 4 aromatic rings. The van der Waals surface area contributed by atoms with Crippen molar-refractivity contribution in [3.8, 4) is 16.9 Å². The van der Waals surface area contributed by atoms with Gasteiger partial charge in [0.05, 0.1) is 11.6 Å². The molecule has 0 amide bonds. The van der Waals surface area contributed by atoms with Crippen molar-refractivity contribution in [2.45, 2.75) is 37.6 Å². The molecule has 6 rings (SSSR count). The Balaban J connectivity index is 0.000000431. The number of carboxylic acid groups (broad SMARTS) is 1. The lowest BCUT2D eigenvalue weighted by Crippen LogP contribution is -2.44. The van der Waals surface area contributed by atoms with Crippen LogP contribution in [0.2, 0.25) is 0 Å². The largest absolute Gasteiger partial charge is 0.490 e. The second kappa shape index (κ2) is 12.3. The van der Waals surface area contributed by atoms with Crippen LogP contribution in [0.15, 0.2) is 72.8 Å². The van der Waals surface area contributed by atoms with Gasteiger partial charge in [-0.1, -0.05) is 54.6 Å². The summed E-state index contributed by atoms with van der Waals surface area (Å²) in [4.78, 5) is 8.90. The van der Waals surface area contributed by atoms with Gasteiger partial charge in [-0.3, -0.25) is 0 Å². The molecule has 2 fully saturated rings. The van der Waals surface area contributed by atoms with E-state index in [9.17, 15) is 17.6 Å². The molecule has 3 aromatic carbocycles. The number of para-hydroxylation sites is 1. The molecule has 0 unspecified atom stereocenters. The van der Waals surface area contributed by atoms with Crippen molar-refractivity contribution >= 4 is 16.9 Å². The van der Waals surface area contributed by atoms with Crippen molar-refractivity contribution in [1.82, 2.24) is 9.88 Å². The van der Waals surface area contributed by atoms with Crippen LogP contribution in [0.1, 0.15) is 36.1 Å². The number of nitrogens with one attached hydrogen (secondary N) is 1. The Hall–Kier alpha value is -3.89. The fourth-order valence-electron chi connectivity index (χ4n) is 5.33. The standard InChI is InChI=1S/C29H29FN2O2.C2HF3O2/c30-23-11-9-21(10-12-23)27-25-7-4-8-26(34-19-20-5-2-1-3-6-20)29(25)32(24-17-31-18-24)28(27)22-13-15-33-16-14-22;3-2(4,5)1(6)7/h1-12,22,24,31H,13-19H2;(H,6,7). The average Bonchev–Trinajstić information content (AvgIpc) is 3.27. The molecule has 41 heavy (non-hydrogen) atoms. The Labute approximate surface area is 234 Å². The second-order valence-electron chi connectivity index (χ2n) is 10.1. The molecule has 10 heteroatoms. The van der Waals surface area contributed by atoms with E-state index in [1.165, 1.54) is 16.6 Å². The maximum absolute atomic E-state index is 13.8. The molecular weight excluding hydrogens is 540 g/mol. The van der Waals surface area contributed by atoms with E-state index in [-0.39, 0.29) is 5.82 Å². The Morgan fingerprint density at radius 2 is 1.63 bits per heavy atom. The minimum atomic E-state index is -5.08.